The minimum absolute atomic E-state index is 0.123. The van der Waals surface area contributed by atoms with Gasteiger partial charge < -0.3 is 15.5 Å². The molecule has 1 aromatic heterocycles. The van der Waals surface area contributed by atoms with Gasteiger partial charge in [-0.25, -0.2) is 23.0 Å². The molecule has 3 amide bonds. The third kappa shape index (κ3) is 4.96. The molecule has 33 heavy (non-hydrogen) atoms. The zero-order chi connectivity index (χ0) is 23.7. The van der Waals surface area contributed by atoms with Gasteiger partial charge in [0, 0.05) is 37.8 Å². The van der Waals surface area contributed by atoms with Crippen molar-refractivity contribution in [1.82, 2.24) is 25.1 Å². The third-order valence-electron chi connectivity index (χ3n) is 5.64. The molecule has 178 valence electrons. The van der Waals surface area contributed by atoms with Crippen LogP contribution in [0.15, 0.2) is 18.2 Å². The quantitative estimate of drug-likeness (QED) is 0.705. The monoisotopic (exact) mass is 466 g/mol. The zero-order valence-electron chi connectivity index (χ0n) is 18.3. The SMILES string of the molecule is Cc1cc(NC(=O)N2CCc3nn4c(c3C2)C(=O)N(C)OC(CNCC(F)F)C4)ccc1F. The molecular formula is C21H25F3N6O3. The molecule has 0 aliphatic carbocycles. The van der Waals surface area contributed by atoms with Crippen molar-refractivity contribution < 1.29 is 27.6 Å². The van der Waals surface area contributed by atoms with Crippen LogP contribution >= 0.6 is 0 Å². The Kier molecular flexibility index (Phi) is 6.56. The molecule has 0 radical (unpaired) electrons. The van der Waals surface area contributed by atoms with Crippen LogP contribution in [0.2, 0.25) is 0 Å². The molecule has 3 heterocycles. The second-order valence-corrected chi connectivity index (χ2v) is 8.10. The Labute approximate surface area is 188 Å². The number of nitrogens with one attached hydrogen (secondary N) is 2. The number of fused-ring (bicyclic) bond motifs is 3. The highest BCUT2D eigenvalue weighted by atomic mass is 19.3. The van der Waals surface area contributed by atoms with Crippen molar-refractivity contribution in [3.63, 3.8) is 0 Å². The highest BCUT2D eigenvalue weighted by Crippen LogP contribution is 2.26. The Morgan fingerprint density at radius 3 is 2.88 bits per heavy atom. The second kappa shape index (κ2) is 9.40. The number of aryl methyl sites for hydroxylation is 1. The van der Waals surface area contributed by atoms with Crippen LogP contribution in [0.5, 0.6) is 0 Å². The molecule has 1 unspecified atom stereocenters. The summed E-state index contributed by atoms with van der Waals surface area (Å²) in [5.41, 5.74) is 2.56. The lowest BCUT2D eigenvalue weighted by atomic mass is 10.1. The normalized spacial score (nSPS) is 18.2. The summed E-state index contributed by atoms with van der Waals surface area (Å²) in [4.78, 5) is 32.9. The van der Waals surface area contributed by atoms with Crippen molar-refractivity contribution in [1.29, 1.82) is 0 Å². The first-order valence-electron chi connectivity index (χ1n) is 10.6. The minimum atomic E-state index is -2.49. The number of anilines is 1. The molecule has 2 N–H and O–H groups in total. The van der Waals surface area contributed by atoms with Crippen LogP contribution in [0.1, 0.15) is 27.3 Å². The highest BCUT2D eigenvalue weighted by molar-refractivity contribution is 5.94. The maximum Gasteiger partial charge on any atom is 0.322 e. The van der Waals surface area contributed by atoms with Gasteiger partial charge in [0.05, 0.1) is 25.3 Å². The number of rotatable bonds is 5. The number of hydrogen-bond donors (Lipinski definition) is 2. The van der Waals surface area contributed by atoms with Gasteiger partial charge in [-0.05, 0) is 30.7 Å². The number of halogens is 3. The molecule has 0 saturated heterocycles. The molecule has 9 nitrogen and oxygen atoms in total. The van der Waals surface area contributed by atoms with Crippen molar-refractivity contribution in [3.05, 3.63) is 46.5 Å². The van der Waals surface area contributed by atoms with Crippen LogP contribution < -0.4 is 10.6 Å². The lowest BCUT2D eigenvalue weighted by molar-refractivity contribution is -0.146. The Morgan fingerprint density at radius 1 is 1.36 bits per heavy atom. The number of carbonyl (C=O) groups excluding carboxylic acids is 2. The Balaban J connectivity index is 1.50. The zero-order valence-corrected chi connectivity index (χ0v) is 18.3. The first-order valence-corrected chi connectivity index (χ1v) is 10.6. The second-order valence-electron chi connectivity index (χ2n) is 8.10. The summed E-state index contributed by atoms with van der Waals surface area (Å²) in [6.45, 7) is 2.03. The van der Waals surface area contributed by atoms with Gasteiger partial charge in [-0.1, -0.05) is 0 Å². The molecular weight excluding hydrogens is 441 g/mol. The predicted octanol–water partition coefficient (Wildman–Crippen LogP) is 2.16. The molecule has 0 spiro atoms. The van der Waals surface area contributed by atoms with E-state index in [2.05, 4.69) is 15.7 Å². The lowest BCUT2D eigenvalue weighted by Gasteiger charge is -2.27. The topological polar surface area (TPSA) is 91.7 Å². The van der Waals surface area contributed by atoms with Crippen LogP contribution in [0, 0.1) is 12.7 Å². The van der Waals surface area contributed by atoms with Gasteiger partial charge in [0.2, 0.25) is 0 Å². The molecule has 0 fully saturated rings. The van der Waals surface area contributed by atoms with E-state index in [1.165, 1.54) is 23.9 Å². The third-order valence-corrected chi connectivity index (χ3v) is 5.64. The Hall–Kier alpha value is -3.12. The number of nitrogens with zero attached hydrogens (tertiary/aromatic N) is 4. The smallest absolute Gasteiger partial charge is 0.320 e. The summed E-state index contributed by atoms with van der Waals surface area (Å²) in [6, 6.07) is 3.95. The lowest BCUT2D eigenvalue weighted by Crippen LogP contribution is -2.40. The molecule has 1 atom stereocenters. The van der Waals surface area contributed by atoms with E-state index in [-0.39, 0.29) is 31.5 Å². The van der Waals surface area contributed by atoms with Gasteiger partial charge in [-0.2, -0.15) is 5.10 Å². The number of aromatic nitrogens is 2. The van der Waals surface area contributed by atoms with Gasteiger partial charge >= 0.3 is 6.03 Å². The Bertz CT molecular complexity index is 1060. The van der Waals surface area contributed by atoms with Crippen molar-refractivity contribution >= 4 is 17.6 Å². The average Bonchev–Trinajstić information content (AvgIpc) is 3.06. The number of hydrogen-bond acceptors (Lipinski definition) is 5. The molecule has 2 aliphatic heterocycles. The number of benzene rings is 1. The maximum absolute atomic E-state index is 13.5. The van der Waals surface area contributed by atoms with E-state index in [1.807, 2.05) is 0 Å². The van der Waals surface area contributed by atoms with E-state index in [1.54, 1.807) is 17.9 Å². The largest absolute Gasteiger partial charge is 0.322 e. The van der Waals surface area contributed by atoms with E-state index in [0.29, 0.717) is 35.5 Å². The number of amides is 3. The van der Waals surface area contributed by atoms with Crippen molar-refractivity contribution in [2.75, 3.05) is 32.0 Å². The minimum Gasteiger partial charge on any atom is -0.320 e. The van der Waals surface area contributed by atoms with Crippen LogP contribution in [-0.4, -0.2) is 70.9 Å². The molecule has 4 rings (SSSR count). The number of alkyl halides is 2. The van der Waals surface area contributed by atoms with E-state index < -0.39 is 25.0 Å². The van der Waals surface area contributed by atoms with Gasteiger partial charge in [-0.3, -0.25) is 14.3 Å². The molecule has 2 aliphatic rings. The van der Waals surface area contributed by atoms with E-state index in [4.69, 9.17) is 4.84 Å². The number of hydroxylamine groups is 2. The fourth-order valence-corrected chi connectivity index (χ4v) is 4.00. The first kappa shape index (κ1) is 23.1. The van der Waals surface area contributed by atoms with Crippen LogP contribution in [0.4, 0.5) is 23.7 Å². The van der Waals surface area contributed by atoms with Gasteiger partial charge in [0.25, 0.3) is 12.3 Å². The van der Waals surface area contributed by atoms with Crippen LogP contribution in [0.25, 0.3) is 0 Å². The molecule has 1 aromatic carbocycles. The van der Waals surface area contributed by atoms with Crippen molar-refractivity contribution in [2.24, 2.45) is 0 Å². The van der Waals surface area contributed by atoms with Gasteiger partial charge in [0.15, 0.2) is 0 Å². The molecule has 2 aromatic rings. The standard InChI is InChI=1S/C21H25F3N6O3/c1-12-7-13(3-4-16(12)22)26-21(32)29-6-5-17-15(11-29)19-20(31)28(2)33-14(10-30(19)27-17)8-25-9-18(23)24/h3-4,7,14,18,25H,5-6,8-11H2,1-2H3,(H,26,32). The predicted molar refractivity (Wildman–Crippen MR) is 112 cm³/mol. The fraction of sp³-hybridized carbons (Fsp3) is 0.476. The van der Waals surface area contributed by atoms with E-state index in [0.717, 1.165) is 10.8 Å². The van der Waals surface area contributed by atoms with Gasteiger partial charge in [-0.15, -0.1) is 0 Å². The highest BCUT2D eigenvalue weighted by Gasteiger charge is 2.35. The summed E-state index contributed by atoms with van der Waals surface area (Å²) in [6.07, 6.45) is -2.60. The van der Waals surface area contributed by atoms with E-state index in [9.17, 15) is 22.8 Å². The summed E-state index contributed by atoms with van der Waals surface area (Å²) in [5.74, 6) is -0.776. The first-order chi connectivity index (χ1) is 15.7. The Morgan fingerprint density at radius 2 is 2.15 bits per heavy atom. The summed E-state index contributed by atoms with van der Waals surface area (Å²) in [7, 11) is 1.46. The molecule has 0 saturated carbocycles. The number of urea groups is 1. The average molecular weight is 466 g/mol. The summed E-state index contributed by atoms with van der Waals surface area (Å²) in [5, 5.41) is 11.0. The molecule has 12 heteroatoms. The summed E-state index contributed by atoms with van der Waals surface area (Å²) < 4.78 is 39.9. The van der Waals surface area contributed by atoms with Crippen molar-refractivity contribution in [3.8, 4) is 0 Å². The maximum atomic E-state index is 13.5. The fourth-order valence-electron chi connectivity index (χ4n) is 4.00. The molecule has 0 bridgehead atoms. The number of carbonyl (C=O) groups is 2. The van der Waals surface area contributed by atoms with Gasteiger partial charge in [0.1, 0.15) is 17.6 Å². The summed E-state index contributed by atoms with van der Waals surface area (Å²) >= 11 is 0. The van der Waals surface area contributed by atoms with Crippen LogP contribution in [0.3, 0.4) is 0 Å². The van der Waals surface area contributed by atoms with E-state index >= 15 is 0 Å². The van der Waals surface area contributed by atoms with Crippen molar-refractivity contribution in [2.45, 2.75) is 39.0 Å². The van der Waals surface area contributed by atoms with Crippen LogP contribution in [-0.2, 0) is 24.3 Å².